The second-order valence-electron chi connectivity index (χ2n) is 3.79. The second kappa shape index (κ2) is 3.20. The molecule has 0 bridgehead atoms. The molecule has 1 aliphatic carbocycles. The van der Waals surface area contributed by atoms with Crippen LogP contribution in [-0.2, 0) is 0 Å². The maximum atomic E-state index is 7.95. The van der Waals surface area contributed by atoms with Gasteiger partial charge in [-0.25, -0.2) is 0 Å². The molecule has 2 aliphatic rings. The molecule has 3 rings (SSSR count). The molecular formula is C12H10N4. The lowest BCUT2D eigenvalue weighted by Gasteiger charge is -2.23. The number of nitrogens with zero attached hydrogens (tertiary/aromatic N) is 2. The van der Waals surface area contributed by atoms with Crippen LogP contribution in [0.1, 0.15) is 17.7 Å². The smallest absolute Gasteiger partial charge is 0.0982 e. The summed E-state index contributed by atoms with van der Waals surface area (Å²) in [6, 6.07) is 3.62. The van der Waals surface area contributed by atoms with Crippen molar-refractivity contribution in [1.29, 1.82) is 10.8 Å². The van der Waals surface area contributed by atoms with Crippen molar-refractivity contribution in [3.8, 4) is 0 Å². The van der Waals surface area contributed by atoms with Crippen LogP contribution >= 0.6 is 0 Å². The van der Waals surface area contributed by atoms with Crippen LogP contribution in [0.2, 0.25) is 0 Å². The fourth-order valence-corrected chi connectivity index (χ4v) is 2.06. The van der Waals surface area contributed by atoms with Crippen molar-refractivity contribution in [2.24, 2.45) is 4.99 Å². The number of fused-ring (bicyclic) bond motifs is 3. The largest absolute Gasteiger partial charge is 0.298 e. The van der Waals surface area contributed by atoms with Gasteiger partial charge in [-0.3, -0.25) is 20.8 Å². The minimum absolute atomic E-state index is 0.246. The van der Waals surface area contributed by atoms with Gasteiger partial charge >= 0.3 is 0 Å². The monoisotopic (exact) mass is 210 g/mol. The predicted molar refractivity (Wildman–Crippen MR) is 62.9 cm³/mol. The van der Waals surface area contributed by atoms with Gasteiger partial charge in [0.1, 0.15) is 0 Å². The van der Waals surface area contributed by atoms with Gasteiger partial charge in [0.05, 0.1) is 22.8 Å². The Morgan fingerprint density at radius 3 is 2.94 bits per heavy atom. The Kier molecular flexibility index (Phi) is 1.83. The fourth-order valence-electron chi connectivity index (χ4n) is 2.06. The number of dihydropyridines is 1. The molecule has 0 radical (unpaired) electrons. The third-order valence-corrected chi connectivity index (χ3v) is 2.82. The fraction of sp³-hybridized carbons (Fsp3) is 0.167. The van der Waals surface area contributed by atoms with E-state index < -0.39 is 0 Å². The van der Waals surface area contributed by atoms with Gasteiger partial charge in [0.25, 0.3) is 0 Å². The van der Waals surface area contributed by atoms with Crippen molar-refractivity contribution in [2.75, 3.05) is 6.54 Å². The van der Waals surface area contributed by atoms with Gasteiger partial charge < -0.3 is 0 Å². The summed E-state index contributed by atoms with van der Waals surface area (Å²) in [5.41, 5.74) is 3.51. The molecule has 2 N–H and O–H groups in total. The third-order valence-electron chi connectivity index (χ3n) is 2.82. The summed E-state index contributed by atoms with van der Waals surface area (Å²) in [4.78, 5) is 8.71. The van der Waals surface area contributed by atoms with Crippen LogP contribution in [0, 0.1) is 10.8 Å². The second-order valence-corrected chi connectivity index (χ2v) is 3.79. The first-order valence-corrected chi connectivity index (χ1v) is 5.17. The van der Waals surface area contributed by atoms with Crippen molar-refractivity contribution in [3.63, 3.8) is 0 Å². The highest BCUT2D eigenvalue weighted by Gasteiger charge is 2.30. The van der Waals surface area contributed by atoms with Crippen LogP contribution in [0.5, 0.6) is 0 Å². The minimum Gasteiger partial charge on any atom is -0.298 e. The zero-order valence-corrected chi connectivity index (χ0v) is 8.62. The summed E-state index contributed by atoms with van der Waals surface area (Å²) in [7, 11) is 0. The molecule has 1 aliphatic heterocycles. The van der Waals surface area contributed by atoms with Gasteiger partial charge in [-0.15, -0.1) is 0 Å². The zero-order chi connectivity index (χ0) is 11.1. The molecule has 0 spiro atoms. The molecule has 1 aromatic heterocycles. The first-order chi connectivity index (χ1) is 7.79. The Bertz CT molecular complexity index is 566. The molecule has 16 heavy (non-hydrogen) atoms. The standard InChI is InChI=1S/C12H10N4/c13-9-7-3-1-5-15-11(7)12-8(10(9)14)4-2-6-16-12/h1,3-5,13-14H,2,6H2. The highest BCUT2D eigenvalue weighted by Crippen LogP contribution is 2.24. The van der Waals surface area contributed by atoms with Gasteiger partial charge in [0.2, 0.25) is 0 Å². The first-order valence-electron chi connectivity index (χ1n) is 5.17. The van der Waals surface area contributed by atoms with Crippen LogP contribution in [0.4, 0.5) is 0 Å². The van der Waals surface area contributed by atoms with Crippen LogP contribution in [0.25, 0.3) is 0 Å². The summed E-state index contributed by atoms with van der Waals surface area (Å²) >= 11 is 0. The topological polar surface area (TPSA) is 73.0 Å². The van der Waals surface area contributed by atoms with Crippen molar-refractivity contribution in [1.82, 2.24) is 4.98 Å². The number of pyridine rings is 1. The number of aliphatic imine (C=N–C) groups is 1. The molecule has 1 aromatic rings. The third kappa shape index (κ3) is 1.10. The highest BCUT2D eigenvalue weighted by atomic mass is 14.8. The van der Waals surface area contributed by atoms with Crippen molar-refractivity contribution >= 4 is 17.1 Å². The summed E-state index contributed by atoms with van der Waals surface area (Å²) in [5, 5.41) is 15.9. The average molecular weight is 210 g/mol. The maximum Gasteiger partial charge on any atom is 0.0982 e. The van der Waals surface area contributed by atoms with Crippen molar-refractivity contribution in [3.05, 3.63) is 41.2 Å². The number of aromatic nitrogens is 1. The lowest BCUT2D eigenvalue weighted by Crippen LogP contribution is -2.32. The summed E-state index contributed by atoms with van der Waals surface area (Å²) in [6.07, 6.45) is 4.53. The molecule has 78 valence electrons. The van der Waals surface area contributed by atoms with Crippen LogP contribution in [-0.4, -0.2) is 28.7 Å². The van der Waals surface area contributed by atoms with Crippen molar-refractivity contribution < 1.29 is 0 Å². The lowest BCUT2D eigenvalue weighted by atomic mass is 9.85. The summed E-state index contributed by atoms with van der Waals surface area (Å²) in [6.45, 7) is 0.745. The maximum absolute atomic E-state index is 7.95. The van der Waals surface area contributed by atoms with Gasteiger partial charge in [-0.1, -0.05) is 6.08 Å². The number of rotatable bonds is 0. The molecule has 0 fully saturated rings. The van der Waals surface area contributed by atoms with Gasteiger partial charge in [-0.2, -0.15) is 0 Å². The molecule has 0 saturated heterocycles. The van der Waals surface area contributed by atoms with E-state index in [-0.39, 0.29) is 11.4 Å². The van der Waals surface area contributed by atoms with Crippen molar-refractivity contribution in [2.45, 2.75) is 6.42 Å². The minimum atomic E-state index is 0.246. The Balaban J connectivity index is 2.32. The molecule has 0 unspecified atom stereocenters. The van der Waals surface area contributed by atoms with E-state index in [1.807, 2.05) is 12.1 Å². The highest BCUT2D eigenvalue weighted by molar-refractivity contribution is 6.61. The predicted octanol–water partition coefficient (Wildman–Crippen LogP) is 1.60. The van der Waals surface area contributed by atoms with E-state index in [1.54, 1.807) is 12.3 Å². The molecule has 2 heterocycles. The van der Waals surface area contributed by atoms with E-state index in [0.717, 1.165) is 29.9 Å². The van der Waals surface area contributed by atoms with Crippen LogP contribution < -0.4 is 0 Å². The molecule has 4 heteroatoms. The van der Waals surface area contributed by atoms with E-state index in [4.69, 9.17) is 10.8 Å². The van der Waals surface area contributed by atoms with Crippen LogP contribution in [0.15, 0.2) is 35.0 Å². The Hall–Kier alpha value is -2.10. The lowest BCUT2D eigenvalue weighted by molar-refractivity contribution is 0.983. The van der Waals surface area contributed by atoms with E-state index in [0.29, 0.717) is 5.56 Å². The Labute approximate surface area is 92.8 Å². The van der Waals surface area contributed by atoms with Gasteiger partial charge in [-0.05, 0) is 18.6 Å². The molecule has 0 saturated carbocycles. The molecular weight excluding hydrogens is 200 g/mol. The summed E-state index contributed by atoms with van der Waals surface area (Å²) < 4.78 is 0. The van der Waals surface area contributed by atoms with E-state index >= 15 is 0 Å². The van der Waals surface area contributed by atoms with Gasteiger partial charge in [0.15, 0.2) is 0 Å². The first kappa shape index (κ1) is 9.15. The van der Waals surface area contributed by atoms with E-state index in [9.17, 15) is 0 Å². The number of nitrogens with one attached hydrogen (secondary N) is 2. The summed E-state index contributed by atoms with van der Waals surface area (Å²) in [5.74, 6) is 0. The molecule has 0 amide bonds. The molecule has 0 atom stereocenters. The number of allylic oxidation sites excluding steroid dienone is 1. The molecule has 0 aromatic carbocycles. The number of hydrogen-bond donors (Lipinski definition) is 2. The normalized spacial score (nSPS) is 18.5. The van der Waals surface area contributed by atoms with Crippen LogP contribution in [0.3, 0.4) is 0 Å². The SMILES string of the molecule is N=C1C(=N)c2cccnc2C2=NCCC=C12. The van der Waals surface area contributed by atoms with E-state index in [1.165, 1.54) is 0 Å². The number of hydrogen-bond acceptors (Lipinski definition) is 4. The Morgan fingerprint density at radius 2 is 2.06 bits per heavy atom. The zero-order valence-electron chi connectivity index (χ0n) is 8.62. The quantitative estimate of drug-likeness (QED) is 0.670. The average Bonchev–Trinajstić information content (AvgIpc) is 2.36. The molecule has 4 nitrogen and oxygen atoms in total. The Morgan fingerprint density at radius 1 is 1.19 bits per heavy atom. The van der Waals surface area contributed by atoms with Gasteiger partial charge in [0, 0.05) is 23.9 Å². The van der Waals surface area contributed by atoms with E-state index in [2.05, 4.69) is 9.98 Å².